The molecule has 0 bridgehead atoms. The molecule has 0 saturated carbocycles. The first kappa shape index (κ1) is 12.8. The van der Waals surface area contributed by atoms with E-state index in [0.29, 0.717) is 5.56 Å². The number of oxime groups is 1. The first-order valence-corrected chi connectivity index (χ1v) is 5.57. The lowest BCUT2D eigenvalue weighted by Gasteiger charge is -1.99. The minimum Gasteiger partial charge on any atom is -0.461 e. The fraction of sp³-hybridized carbons (Fsp3) is 0.0714. The van der Waals surface area contributed by atoms with Crippen LogP contribution in [0.4, 0.5) is 0 Å². The van der Waals surface area contributed by atoms with Crippen LogP contribution in [-0.2, 0) is 4.84 Å². The average molecular weight is 257 g/mol. The smallest absolute Gasteiger partial charge is 0.365 e. The maximum atomic E-state index is 11.7. The lowest BCUT2D eigenvalue weighted by molar-refractivity contribution is 0.0515. The van der Waals surface area contributed by atoms with Gasteiger partial charge in [0.1, 0.15) is 5.71 Å². The predicted octanol–water partition coefficient (Wildman–Crippen LogP) is 2.70. The van der Waals surface area contributed by atoms with Gasteiger partial charge in [0.25, 0.3) is 0 Å². The molecule has 1 aromatic carbocycles. The topological polar surface area (TPSA) is 68.9 Å². The zero-order valence-corrected chi connectivity index (χ0v) is 10.2. The van der Waals surface area contributed by atoms with E-state index in [0.717, 1.165) is 0 Å². The molecule has 0 spiro atoms. The van der Waals surface area contributed by atoms with Gasteiger partial charge in [-0.15, -0.1) is 0 Å². The number of furan rings is 1. The highest BCUT2D eigenvalue weighted by atomic mass is 16.7. The van der Waals surface area contributed by atoms with Crippen molar-refractivity contribution in [3.05, 3.63) is 60.1 Å². The fourth-order valence-corrected chi connectivity index (χ4v) is 1.36. The Morgan fingerprint density at radius 3 is 2.47 bits per heavy atom. The van der Waals surface area contributed by atoms with Crippen molar-refractivity contribution in [1.82, 2.24) is 0 Å². The highest BCUT2D eigenvalue weighted by molar-refractivity contribution is 6.44. The number of carbonyl (C=O) groups excluding carboxylic acids is 2. The van der Waals surface area contributed by atoms with Gasteiger partial charge >= 0.3 is 5.97 Å². The monoisotopic (exact) mass is 257 g/mol. The van der Waals surface area contributed by atoms with Crippen LogP contribution < -0.4 is 0 Å². The van der Waals surface area contributed by atoms with Gasteiger partial charge in [-0.2, -0.15) is 0 Å². The molecule has 0 radical (unpaired) electrons. The van der Waals surface area contributed by atoms with Gasteiger partial charge in [-0.05, 0) is 31.2 Å². The van der Waals surface area contributed by atoms with E-state index in [4.69, 9.17) is 9.25 Å². The summed E-state index contributed by atoms with van der Waals surface area (Å²) < 4.78 is 4.94. The summed E-state index contributed by atoms with van der Waals surface area (Å²) in [7, 11) is 0. The zero-order chi connectivity index (χ0) is 13.7. The molecule has 19 heavy (non-hydrogen) atoms. The van der Waals surface area contributed by atoms with Gasteiger partial charge in [0.05, 0.1) is 11.8 Å². The number of benzene rings is 1. The van der Waals surface area contributed by atoms with Crippen molar-refractivity contribution in [2.45, 2.75) is 6.92 Å². The number of ketones is 1. The fourth-order valence-electron chi connectivity index (χ4n) is 1.36. The van der Waals surface area contributed by atoms with Crippen LogP contribution in [0.25, 0.3) is 0 Å². The van der Waals surface area contributed by atoms with E-state index < -0.39 is 11.8 Å². The molecule has 0 amide bonds. The molecular weight excluding hydrogens is 246 g/mol. The van der Waals surface area contributed by atoms with Gasteiger partial charge in [-0.3, -0.25) is 4.79 Å². The largest absolute Gasteiger partial charge is 0.461 e. The lowest BCUT2D eigenvalue weighted by Crippen LogP contribution is -2.11. The normalized spacial score (nSPS) is 11.1. The summed E-state index contributed by atoms with van der Waals surface area (Å²) in [4.78, 5) is 28.0. The van der Waals surface area contributed by atoms with Crippen LogP contribution in [0.3, 0.4) is 0 Å². The Kier molecular flexibility index (Phi) is 3.87. The summed E-state index contributed by atoms with van der Waals surface area (Å²) in [5, 5.41) is 3.51. The van der Waals surface area contributed by atoms with E-state index in [9.17, 15) is 9.59 Å². The number of hydrogen-bond donors (Lipinski definition) is 0. The Bertz CT molecular complexity index is 600. The van der Waals surface area contributed by atoms with Gasteiger partial charge in [0, 0.05) is 0 Å². The van der Waals surface area contributed by atoms with Crippen molar-refractivity contribution in [3.63, 3.8) is 0 Å². The van der Waals surface area contributed by atoms with Gasteiger partial charge in [-0.1, -0.05) is 23.4 Å². The summed E-state index contributed by atoms with van der Waals surface area (Å²) in [6.45, 7) is 1.45. The molecule has 0 aliphatic carbocycles. The summed E-state index contributed by atoms with van der Waals surface area (Å²) in [5.41, 5.74) is 0.406. The molecule has 0 N–H and O–H groups in total. The molecule has 1 heterocycles. The Labute approximate surface area is 109 Å². The summed E-state index contributed by atoms with van der Waals surface area (Å²) in [6.07, 6.45) is 1.39. The molecule has 0 unspecified atom stereocenters. The molecule has 2 rings (SSSR count). The third-order valence-corrected chi connectivity index (χ3v) is 2.35. The third kappa shape index (κ3) is 3.16. The molecular formula is C14H11NO4. The number of Topliss-reactive ketones (excluding diaryl/α,β-unsaturated/α-hetero) is 1. The summed E-state index contributed by atoms with van der Waals surface area (Å²) in [6, 6.07) is 11.5. The molecule has 2 aromatic rings. The van der Waals surface area contributed by atoms with E-state index in [1.165, 1.54) is 19.3 Å². The first-order valence-electron chi connectivity index (χ1n) is 5.57. The van der Waals surface area contributed by atoms with Crippen LogP contribution >= 0.6 is 0 Å². The van der Waals surface area contributed by atoms with Crippen molar-refractivity contribution in [2.75, 3.05) is 0 Å². The molecule has 5 heteroatoms. The maximum Gasteiger partial charge on any atom is 0.365 e. The minimum absolute atomic E-state index is 0.0410. The molecule has 5 nitrogen and oxygen atoms in total. The van der Waals surface area contributed by atoms with Gasteiger partial charge in [-0.25, -0.2) is 4.79 Å². The van der Waals surface area contributed by atoms with Crippen molar-refractivity contribution in [2.24, 2.45) is 5.16 Å². The standard InChI is InChI=1S/C14H11NO4/c1-10(13(16)12-8-5-9-18-12)15-19-14(17)11-6-3-2-4-7-11/h2-9H,1H3. The van der Waals surface area contributed by atoms with Crippen molar-refractivity contribution in [1.29, 1.82) is 0 Å². The van der Waals surface area contributed by atoms with Crippen molar-refractivity contribution >= 4 is 17.5 Å². The lowest BCUT2D eigenvalue weighted by atomic mass is 10.2. The SMILES string of the molecule is CC(=NOC(=O)c1ccccc1)C(=O)c1ccco1. The molecule has 0 aliphatic rings. The third-order valence-electron chi connectivity index (χ3n) is 2.35. The van der Waals surface area contributed by atoms with Crippen LogP contribution in [-0.4, -0.2) is 17.5 Å². The molecule has 1 aromatic heterocycles. The average Bonchev–Trinajstić information content (AvgIpc) is 2.98. The summed E-state index contributed by atoms with van der Waals surface area (Å²) >= 11 is 0. The van der Waals surface area contributed by atoms with Gasteiger partial charge in [0.2, 0.25) is 5.78 Å². The number of hydrogen-bond acceptors (Lipinski definition) is 5. The van der Waals surface area contributed by atoms with E-state index in [1.54, 1.807) is 36.4 Å². The highest BCUT2D eigenvalue weighted by Gasteiger charge is 2.14. The van der Waals surface area contributed by atoms with Crippen LogP contribution in [0.5, 0.6) is 0 Å². The van der Waals surface area contributed by atoms with E-state index in [-0.39, 0.29) is 11.5 Å². The molecule has 0 aliphatic heterocycles. The van der Waals surface area contributed by atoms with E-state index >= 15 is 0 Å². The van der Waals surface area contributed by atoms with Crippen molar-refractivity contribution < 1.29 is 18.8 Å². The Morgan fingerprint density at radius 1 is 1.11 bits per heavy atom. The number of carbonyl (C=O) groups is 2. The maximum absolute atomic E-state index is 11.7. The number of rotatable bonds is 4. The van der Waals surface area contributed by atoms with Crippen LogP contribution in [0.1, 0.15) is 27.8 Å². The Balaban J connectivity index is 2.03. The predicted molar refractivity (Wildman–Crippen MR) is 68.0 cm³/mol. The Hall–Kier alpha value is -2.69. The molecule has 0 fully saturated rings. The van der Waals surface area contributed by atoms with Gasteiger partial charge in [0.15, 0.2) is 5.76 Å². The molecule has 0 atom stereocenters. The van der Waals surface area contributed by atoms with Gasteiger partial charge < -0.3 is 9.25 Å². The van der Waals surface area contributed by atoms with Crippen LogP contribution in [0.15, 0.2) is 58.3 Å². The van der Waals surface area contributed by atoms with Crippen LogP contribution in [0, 0.1) is 0 Å². The molecule has 0 saturated heterocycles. The molecule has 96 valence electrons. The second-order valence-corrected chi connectivity index (χ2v) is 3.73. The minimum atomic E-state index is -0.618. The first-order chi connectivity index (χ1) is 9.18. The Morgan fingerprint density at radius 2 is 1.84 bits per heavy atom. The quantitative estimate of drug-likeness (QED) is 0.365. The van der Waals surface area contributed by atoms with Crippen LogP contribution in [0.2, 0.25) is 0 Å². The second-order valence-electron chi connectivity index (χ2n) is 3.73. The van der Waals surface area contributed by atoms with E-state index in [1.807, 2.05) is 0 Å². The van der Waals surface area contributed by atoms with E-state index in [2.05, 4.69) is 5.16 Å². The zero-order valence-electron chi connectivity index (χ0n) is 10.2. The number of nitrogens with zero attached hydrogens (tertiary/aromatic N) is 1. The second kappa shape index (κ2) is 5.77. The van der Waals surface area contributed by atoms with Crippen molar-refractivity contribution in [3.8, 4) is 0 Å². The summed E-state index contributed by atoms with van der Waals surface area (Å²) in [5.74, 6) is -0.893. The highest BCUT2D eigenvalue weighted by Crippen LogP contribution is 2.05.